The van der Waals surface area contributed by atoms with Crippen molar-refractivity contribution in [2.75, 3.05) is 29.1 Å². The van der Waals surface area contributed by atoms with Crippen LogP contribution in [0.1, 0.15) is 20.8 Å². The molecule has 0 unspecified atom stereocenters. The van der Waals surface area contributed by atoms with Gasteiger partial charge in [0.05, 0.1) is 21.5 Å². The summed E-state index contributed by atoms with van der Waals surface area (Å²) in [7, 11) is 0. The molecule has 0 aliphatic rings. The van der Waals surface area contributed by atoms with Crippen molar-refractivity contribution in [1.29, 1.82) is 0 Å². The Morgan fingerprint density at radius 1 is 1.06 bits per heavy atom. The largest absolute Gasteiger partial charge is 0.372 e. The van der Waals surface area contributed by atoms with E-state index in [1.165, 1.54) is 17.4 Å². The molecule has 3 rings (SSSR count). The lowest BCUT2D eigenvalue weighted by molar-refractivity contribution is -0.113. The number of aromatic nitrogens is 3. The van der Waals surface area contributed by atoms with Crippen molar-refractivity contribution in [3.05, 3.63) is 52.5 Å². The van der Waals surface area contributed by atoms with Gasteiger partial charge in [0.15, 0.2) is 11.0 Å². The molecular formula is C22H25Cl2N5OS. The van der Waals surface area contributed by atoms with E-state index >= 15 is 0 Å². The first-order valence-corrected chi connectivity index (χ1v) is 11.9. The number of amides is 1. The molecule has 31 heavy (non-hydrogen) atoms. The molecule has 0 saturated carbocycles. The van der Waals surface area contributed by atoms with E-state index in [9.17, 15) is 4.79 Å². The van der Waals surface area contributed by atoms with Gasteiger partial charge in [-0.2, -0.15) is 0 Å². The molecule has 0 aliphatic heterocycles. The molecule has 1 heterocycles. The Hall–Kier alpha value is -2.22. The lowest BCUT2D eigenvalue weighted by atomic mass is 10.2. The van der Waals surface area contributed by atoms with Crippen LogP contribution < -0.4 is 10.2 Å². The van der Waals surface area contributed by atoms with Gasteiger partial charge >= 0.3 is 0 Å². The van der Waals surface area contributed by atoms with Crippen LogP contribution in [-0.4, -0.2) is 39.5 Å². The molecule has 3 aromatic rings. The van der Waals surface area contributed by atoms with Gasteiger partial charge in [0.25, 0.3) is 0 Å². The van der Waals surface area contributed by atoms with Crippen molar-refractivity contribution in [1.82, 2.24) is 14.8 Å². The normalized spacial score (nSPS) is 10.9. The van der Waals surface area contributed by atoms with Crippen LogP contribution in [-0.2, 0) is 11.3 Å². The highest BCUT2D eigenvalue weighted by Crippen LogP contribution is 2.30. The molecule has 0 aliphatic carbocycles. The Morgan fingerprint density at radius 3 is 2.42 bits per heavy atom. The molecule has 0 atom stereocenters. The topological polar surface area (TPSA) is 63.1 Å². The molecule has 0 bridgehead atoms. The summed E-state index contributed by atoms with van der Waals surface area (Å²) in [6.45, 7) is 8.95. The second-order valence-corrected chi connectivity index (χ2v) is 8.44. The predicted octanol–water partition coefficient (Wildman–Crippen LogP) is 5.85. The maximum absolute atomic E-state index is 12.4. The molecule has 2 aromatic carbocycles. The quantitative estimate of drug-likeness (QED) is 0.391. The van der Waals surface area contributed by atoms with Gasteiger partial charge in [-0.15, -0.1) is 10.2 Å². The number of carbonyl (C=O) groups excluding carboxylic acids is 1. The zero-order valence-corrected chi connectivity index (χ0v) is 20.1. The Balaban J connectivity index is 1.70. The van der Waals surface area contributed by atoms with Gasteiger partial charge in [0.1, 0.15) is 0 Å². The van der Waals surface area contributed by atoms with Crippen LogP contribution >= 0.6 is 35.0 Å². The highest BCUT2D eigenvalue weighted by Gasteiger charge is 2.16. The summed E-state index contributed by atoms with van der Waals surface area (Å²) in [6.07, 6.45) is 0. The molecule has 1 aromatic heterocycles. The number of nitrogens with zero attached hydrogens (tertiary/aromatic N) is 4. The van der Waals surface area contributed by atoms with Gasteiger partial charge in [-0.3, -0.25) is 4.79 Å². The van der Waals surface area contributed by atoms with E-state index in [0.29, 0.717) is 27.4 Å². The third-order valence-electron chi connectivity index (χ3n) is 4.85. The average Bonchev–Trinajstić information content (AvgIpc) is 3.20. The standard InChI is InChI=1S/C22H25Cl2N5OS/c1-4-28(5-2)16-12-10-15(11-13-16)21-26-27-22(29(21)6-3)31-14-19(30)25-18-9-7-8-17(23)20(18)24/h7-13H,4-6,14H2,1-3H3,(H,25,30). The molecule has 6 nitrogen and oxygen atoms in total. The highest BCUT2D eigenvalue weighted by molar-refractivity contribution is 7.99. The highest BCUT2D eigenvalue weighted by atomic mass is 35.5. The monoisotopic (exact) mass is 477 g/mol. The minimum Gasteiger partial charge on any atom is -0.372 e. The van der Waals surface area contributed by atoms with Crippen LogP contribution in [0, 0.1) is 0 Å². The van der Waals surface area contributed by atoms with Crippen molar-refractivity contribution in [2.24, 2.45) is 0 Å². The summed E-state index contributed by atoms with van der Waals surface area (Å²) in [4.78, 5) is 14.7. The molecule has 0 saturated heterocycles. The van der Waals surface area contributed by atoms with Crippen LogP contribution in [0.3, 0.4) is 0 Å². The van der Waals surface area contributed by atoms with Gasteiger partial charge in [-0.05, 0) is 57.2 Å². The first-order valence-electron chi connectivity index (χ1n) is 10.1. The predicted molar refractivity (Wildman–Crippen MR) is 131 cm³/mol. The van der Waals surface area contributed by atoms with Crippen molar-refractivity contribution in [3.8, 4) is 11.4 Å². The summed E-state index contributed by atoms with van der Waals surface area (Å²) in [5.74, 6) is 0.779. The van der Waals surface area contributed by atoms with Crippen LogP contribution in [0.25, 0.3) is 11.4 Å². The molecule has 9 heteroatoms. The number of hydrogen-bond donors (Lipinski definition) is 1. The van der Waals surface area contributed by atoms with Crippen LogP contribution in [0.5, 0.6) is 0 Å². The third-order valence-corrected chi connectivity index (χ3v) is 6.63. The Kier molecular flexibility index (Phi) is 8.23. The SMILES string of the molecule is CCN(CC)c1ccc(-c2nnc(SCC(=O)Nc3cccc(Cl)c3Cl)n2CC)cc1. The van der Waals surface area contributed by atoms with Crippen LogP contribution in [0.2, 0.25) is 10.0 Å². The summed E-state index contributed by atoms with van der Waals surface area (Å²) in [5, 5.41) is 12.9. The second-order valence-electron chi connectivity index (χ2n) is 6.71. The number of hydrogen-bond acceptors (Lipinski definition) is 5. The summed E-state index contributed by atoms with van der Waals surface area (Å²) in [6, 6.07) is 13.5. The summed E-state index contributed by atoms with van der Waals surface area (Å²) in [5.41, 5.74) is 2.67. The van der Waals surface area contributed by atoms with Crippen molar-refractivity contribution >= 4 is 52.2 Å². The molecule has 0 radical (unpaired) electrons. The smallest absolute Gasteiger partial charge is 0.234 e. The number of carbonyl (C=O) groups is 1. The van der Waals surface area contributed by atoms with E-state index in [0.717, 1.165) is 24.5 Å². The minimum atomic E-state index is -0.190. The number of thioether (sulfide) groups is 1. The minimum absolute atomic E-state index is 0.182. The average molecular weight is 478 g/mol. The lowest BCUT2D eigenvalue weighted by Gasteiger charge is -2.21. The Labute approximate surface area is 196 Å². The molecule has 0 fully saturated rings. The van der Waals surface area contributed by atoms with E-state index in [1.807, 2.05) is 11.5 Å². The first-order chi connectivity index (χ1) is 15.0. The summed E-state index contributed by atoms with van der Waals surface area (Å²) < 4.78 is 2.01. The van der Waals surface area contributed by atoms with E-state index in [2.05, 4.69) is 58.5 Å². The second kappa shape index (κ2) is 10.9. The van der Waals surface area contributed by atoms with Gasteiger partial charge in [0, 0.05) is 30.9 Å². The molecule has 1 N–H and O–H groups in total. The lowest BCUT2D eigenvalue weighted by Crippen LogP contribution is -2.21. The van der Waals surface area contributed by atoms with Crippen LogP contribution in [0.4, 0.5) is 11.4 Å². The van der Waals surface area contributed by atoms with Gasteiger partial charge in [-0.1, -0.05) is 41.0 Å². The fourth-order valence-corrected chi connectivity index (χ4v) is 4.37. The molecule has 1 amide bonds. The van der Waals surface area contributed by atoms with Crippen LogP contribution in [0.15, 0.2) is 47.6 Å². The third kappa shape index (κ3) is 5.53. The van der Waals surface area contributed by atoms with E-state index in [1.54, 1.807) is 18.2 Å². The fourth-order valence-electron chi connectivity index (χ4n) is 3.22. The fraction of sp³-hybridized carbons (Fsp3) is 0.318. The maximum Gasteiger partial charge on any atom is 0.234 e. The van der Waals surface area contributed by atoms with E-state index in [4.69, 9.17) is 23.2 Å². The van der Waals surface area contributed by atoms with Crippen molar-refractivity contribution in [2.45, 2.75) is 32.5 Å². The molecule has 0 spiro atoms. The van der Waals surface area contributed by atoms with Gasteiger partial charge in [0.2, 0.25) is 5.91 Å². The number of halogens is 2. The zero-order valence-electron chi connectivity index (χ0n) is 17.7. The summed E-state index contributed by atoms with van der Waals surface area (Å²) >= 11 is 13.5. The van der Waals surface area contributed by atoms with Crippen molar-refractivity contribution in [3.63, 3.8) is 0 Å². The Morgan fingerprint density at radius 2 is 1.77 bits per heavy atom. The number of benzene rings is 2. The number of nitrogens with one attached hydrogen (secondary N) is 1. The van der Waals surface area contributed by atoms with Gasteiger partial charge in [-0.25, -0.2) is 0 Å². The Bertz CT molecular complexity index is 1030. The number of rotatable bonds is 9. The van der Waals surface area contributed by atoms with Gasteiger partial charge < -0.3 is 14.8 Å². The molecule has 164 valence electrons. The van der Waals surface area contributed by atoms with Crippen molar-refractivity contribution < 1.29 is 4.79 Å². The maximum atomic E-state index is 12.4. The van der Waals surface area contributed by atoms with E-state index < -0.39 is 0 Å². The zero-order chi connectivity index (χ0) is 22.4. The number of anilines is 2. The first kappa shape index (κ1) is 23.4. The van der Waals surface area contributed by atoms with E-state index in [-0.39, 0.29) is 11.7 Å². The molecular weight excluding hydrogens is 453 g/mol.